The first-order valence-electron chi connectivity index (χ1n) is 5.30. The zero-order chi connectivity index (χ0) is 13.1. The van der Waals surface area contributed by atoms with Gasteiger partial charge < -0.3 is 5.32 Å². The van der Waals surface area contributed by atoms with Gasteiger partial charge in [0, 0.05) is 11.9 Å². The molecule has 5 nitrogen and oxygen atoms in total. The predicted octanol–water partition coefficient (Wildman–Crippen LogP) is 2.39. The normalized spacial score (nSPS) is 10.2. The number of hydrogen-bond acceptors (Lipinski definition) is 4. The first-order valence-corrected chi connectivity index (χ1v) is 5.68. The molecule has 2 aromatic heterocycles. The Morgan fingerprint density at radius 3 is 2.78 bits per heavy atom. The number of hydrogen-bond donors (Lipinski definition) is 1. The summed E-state index contributed by atoms with van der Waals surface area (Å²) in [5, 5.41) is 10.9. The average molecular weight is 263 g/mol. The van der Waals surface area contributed by atoms with E-state index in [4.69, 9.17) is 11.6 Å². The zero-order valence-electron chi connectivity index (χ0n) is 9.94. The van der Waals surface area contributed by atoms with Crippen molar-refractivity contribution in [3.8, 4) is 0 Å². The van der Waals surface area contributed by atoms with Crippen molar-refractivity contribution in [2.75, 3.05) is 5.32 Å². The van der Waals surface area contributed by atoms with Crippen LogP contribution in [0.1, 0.15) is 21.7 Å². The lowest BCUT2D eigenvalue weighted by atomic mass is 10.2. The maximum atomic E-state index is 12.1. The Hall–Kier alpha value is -2.01. The van der Waals surface area contributed by atoms with Crippen molar-refractivity contribution in [2.24, 2.45) is 0 Å². The van der Waals surface area contributed by atoms with Gasteiger partial charge in [-0.1, -0.05) is 11.6 Å². The maximum Gasteiger partial charge on any atom is 0.257 e. The molecule has 92 valence electrons. The van der Waals surface area contributed by atoms with Crippen LogP contribution < -0.4 is 5.32 Å². The van der Waals surface area contributed by atoms with Crippen molar-refractivity contribution in [1.82, 2.24) is 15.2 Å². The number of halogens is 1. The molecule has 2 heterocycles. The molecule has 0 spiro atoms. The molecule has 0 saturated heterocycles. The largest absolute Gasteiger partial charge is 0.322 e. The fraction of sp³-hybridized carbons (Fsp3) is 0.167. The highest BCUT2D eigenvalue weighted by atomic mass is 35.5. The van der Waals surface area contributed by atoms with E-state index < -0.39 is 0 Å². The molecule has 6 heteroatoms. The van der Waals surface area contributed by atoms with Crippen LogP contribution in [0.5, 0.6) is 0 Å². The van der Waals surface area contributed by atoms with Crippen molar-refractivity contribution in [2.45, 2.75) is 13.8 Å². The number of aromatic nitrogens is 3. The molecule has 1 N–H and O–H groups in total. The third kappa shape index (κ3) is 2.81. The number of aryl methyl sites for hydroxylation is 2. The van der Waals surface area contributed by atoms with E-state index in [1.54, 1.807) is 32.0 Å². The van der Waals surface area contributed by atoms with Crippen LogP contribution in [0.15, 0.2) is 24.4 Å². The van der Waals surface area contributed by atoms with Gasteiger partial charge in [-0.2, -0.15) is 10.2 Å². The molecule has 2 rings (SSSR count). The standard InChI is InChI=1S/C12H11ClN4O/c1-7-5-10(8(2)17-16-7)12(18)15-9-3-4-14-11(13)6-9/h3-6H,1-2H3,(H,14,15,18). The minimum atomic E-state index is -0.243. The molecule has 18 heavy (non-hydrogen) atoms. The Morgan fingerprint density at radius 1 is 1.28 bits per heavy atom. The van der Waals surface area contributed by atoms with Crippen molar-refractivity contribution < 1.29 is 4.79 Å². The predicted molar refractivity (Wildman–Crippen MR) is 68.7 cm³/mol. The second kappa shape index (κ2) is 5.10. The molecule has 1 amide bonds. The van der Waals surface area contributed by atoms with E-state index in [1.165, 1.54) is 6.20 Å². The van der Waals surface area contributed by atoms with Crippen LogP contribution in [0.25, 0.3) is 0 Å². The highest BCUT2D eigenvalue weighted by molar-refractivity contribution is 6.29. The van der Waals surface area contributed by atoms with Crippen molar-refractivity contribution in [1.29, 1.82) is 0 Å². The summed E-state index contributed by atoms with van der Waals surface area (Å²) < 4.78 is 0. The summed E-state index contributed by atoms with van der Waals surface area (Å²) in [5.74, 6) is -0.243. The first kappa shape index (κ1) is 12.4. The van der Waals surface area contributed by atoms with E-state index >= 15 is 0 Å². The number of pyridine rings is 1. The molecule has 0 saturated carbocycles. The number of nitrogens with zero attached hydrogens (tertiary/aromatic N) is 3. The summed E-state index contributed by atoms with van der Waals surface area (Å²) >= 11 is 5.75. The summed E-state index contributed by atoms with van der Waals surface area (Å²) in [6, 6.07) is 4.94. The van der Waals surface area contributed by atoms with Crippen LogP contribution in [0, 0.1) is 13.8 Å². The Balaban J connectivity index is 2.24. The molecule has 0 aromatic carbocycles. The Bertz CT molecular complexity index is 600. The second-order valence-electron chi connectivity index (χ2n) is 3.81. The van der Waals surface area contributed by atoms with Crippen LogP contribution in [0.4, 0.5) is 5.69 Å². The number of amides is 1. The van der Waals surface area contributed by atoms with Crippen LogP contribution in [0.2, 0.25) is 5.15 Å². The number of rotatable bonds is 2. The van der Waals surface area contributed by atoms with Crippen molar-refractivity contribution in [3.63, 3.8) is 0 Å². The summed E-state index contributed by atoms with van der Waals surface area (Å²) in [4.78, 5) is 15.9. The van der Waals surface area contributed by atoms with Gasteiger partial charge in [0.05, 0.1) is 17.0 Å². The second-order valence-corrected chi connectivity index (χ2v) is 4.19. The lowest BCUT2D eigenvalue weighted by Crippen LogP contribution is -2.15. The topological polar surface area (TPSA) is 67.8 Å². The minimum Gasteiger partial charge on any atom is -0.322 e. The SMILES string of the molecule is Cc1cc(C(=O)Nc2ccnc(Cl)c2)c(C)nn1. The lowest BCUT2D eigenvalue weighted by Gasteiger charge is -2.07. The molecule has 0 fully saturated rings. The van der Waals surface area contributed by atoms with Gasteiger partial charge in [-0.15, -0.1) is 0 Å². The quantitative estimate of drug-likeness (QED) is 0.844. The number of carbonyl (C=O) groups is 1. The highest BCUT2D eigenvalue weighted by Crippen LogP contribution is 2.14. The molecule has 0 aliphatic heterocycles. The highest BCUT2D eigenvalue weighted by Gasteiger charge is 2.11. The Kier molecular flexibility index (Phi) is 3.53. The molecule has 2 aromatic rings. The van der Waals surface area contributed by atoms with Gasteiger partial charge in [0.25, 0.3) is 5.91 Å². The summed E-state index contributed by atoms with van der Waals surface area (Å²) in [6.07, 6.45) is 1.53. The van der Waals surface area contributed by atoms with Gasteiger partial charge in [-0.3, -0.25) is 4.79 Å². The van der Waals surface area contributed by atoms with E-state index in [9.17, 15) is 4.79 Å². The van der Waals surface area contributed by atoms with Crippen LogP contribution >= 0.6 is 11.6 Å². The molecule has 0 unspecified atom stereocenters. The van der Waals surface area contributed by atoms with E-state index in [0.29, 0.717) is 27.8 Å². The lowest BCUT2D eigenvalue weighted by molar-refractivity contribution is 0.102. The van der Waals surface area contributed by atoms with Gasteiger partial charge >= 0.3 is 0 Å². The van der Waals surface area contributed by atoms with Gasteiger partial charge in [-0.05, 0) is 32.0 Å². The zero-order valence-corrected chi connectivity index (χ0v) is 10.7. The van der Waals surface area contributed by atoms with Gasteiger partial charge in [-0.25, -0.2) is 4.98 Å². The Morgan fingerprint density at radius 2 is 2.06 bits per heavy atom. The number of anilines is 1. The van der Waals surface area contributed by atoms with E-state index in [0.717, 1.165) is 0 Å². The van der Waals surface area contributed by atoms with E-state index in [-0.39, 0.29) is 5.91 Å². The fourth-order valence-corrected chi connectivity index (χ4v) is 1.63. The van der Waals surface area contributed by atoms with Crippen molar-refractivity contribution in [3.05, 3.63) is 46.5 Å². The smallest absolute Gasteiger partial charge is 0.257 e. The van der Waals surface area contributed by atoms with Crippen molar-refractivity contribution >= 4 is 23.2 Å². The summed E-state index contributed by atoms with van der Waals surface area (Å²) in [5.41, 5.74) is 2.36. The van der Waals surface area contributed by atoms with Gasteiger partial charge in [0.1, 0.15) is 5.15 Å². The molecular weight excluding hydrogens is 252 g/mol. The van der Waals surface area contributed by atoms with Crippen LogP contribution in [0.3, 0.4) is 0 Å². The monoisotopic (exact) mass is 262 g/mol. The molecule has 0 aliphatic rings. The maximum absolute atomic E-state index is 12.1. The number of nitrogens with one attached hydrogen (secondary N) is 1. The molecule has 0 aliphatic carbocycles. The van der Waals surface area contributed by atoms with E-state index in [2.05, 4.69) is 20.5 Å². The van der Waals surface area contributed by atoms with E-state index in [1.807, 2.05) is 0 Å². The number of carbonyl (C=O) groups excluding carboxylic acids is 1. The third-order valence-electron chi connectivity index (χ3n) is 2.33. The molecule has 0 atom stereocenters. The first-order chi connectivity index (χ1) is 8.56. The van der Waals surface area contributed by atoms with Crippen LogP contribution in [-0.4, -0.2) is 21.1 Å². The van der Waals surface area contributed by atoms with Gasteiger partial charge in [0.15, 0.2) is 0 Å². The average Bonchev–Trinajstić information content (AvgIpc) is 2.32. The Labute approximate surface area is 109 Å². The molecular formula is C12H11ClN4O. The summed E-state index contributed by atoms with van der Waals surface area (Å²) in [6.45, 7) is 3.52. The summed E-state index contributed by atoms with van der Waals surface area (Å²) in [7, 11) is 0. The molecule has 0 bridgehead atoms. The van der Waals surface area contributed by atoms with Gasteiger partial charge in [0.2, 0.25) is 0 Å². The van der Waals surface area contributed by atoms with Crippen LogP contribution in [-0.2, 0) is 0 Å². The molecule has 0 radical (unpaired) electrons. The fourth-order valence-electron chi connectivity index (χ4n) is 1.46. The minimum absolute atomic E-state index is 0.243. The third-order valence-corrected chi connectivity index (χ3v) is 2.54.